The fraction of sp³-hybridized carbons (Fsp3) is 0. The number of hydrogen-bond donors (Lipinski definition) is 1. The molecule has 0 aliphatic carbocycles. The van der Waals surface area contributed by atoms with E-state index in [0.717, 1.165) is 20.8 Å². The molecule has 0 fully saturated rings. The number of ether oxygens (including phenoxy) is 1. The lowest BCUT2D eigenvalue weighted by atomic mass is 10.0. The first-order valence-electron chi connectivity index (χ1n) is 9.60. The van der Waals surface area contributed by atoms with Crippen molar-refractivity contribution in [3.63, 3.8) is 0 Å². The number of carbonyl (C=O) groups excluding carboxylic acids is 2. The van der Waals surface area contributed by atoms with Gasteiger partial charge in [-0.25, -0.2) is 10.2 Å². The molecule has 4 aromatic carbocycles. The Balaban J connectivity index is 1.44. The first-order valence-corrected chi connectivity index (χ1v) is 11.2. The van der Waals surface area contributed by atoms with E-state index < -0.39 is 5.97 Å². The number of amides is 1. The minimum Gasteiger partial charge on any atom is -0.422 e. The summed E-state index contributed by atoms with van der Waals surface area (Å²) in [7, 11) is 0. The maximum absolute atomic E-state index is 12.8. The van der Waals surface area contributed by atoms with Gasteiger partial charge in [-0.3, -0.25) is 4.79 Å². The molecular weight excluding hydrogens is 536 g/mol. The average molecular weight is 552 g/mol. The zero-order chi connectivity index (χ0) is 22.5. The number of rotatable bonds is 5. The van der Waals surface area contributed by atoms with Crippen LogP contribution < -0.4 is 10.2 Å². The maximum Gasteiger partial charge on any atom is 0.344 e. The summed E-state index contributed by atoms with van der Waals surface area (Å²) < 4.78 is 7.00. The van der Waals surface area contributed by atoms with Crippen molar-refractivity contribution in [3.05, 3.63) is 111 Å². The standard InChI is InChI=1S/C25H16Br2N2O3/c26-19-8-3-7-18(14-19)24(30)29-28-15-16-11-12-23(22(27)13-16)32-25(31)21-10-4-6-17-5-1-2-9-20(17)21/h1-15H,(H,29,30)/b28-15-. The molecule has 0 atom stereocenters. The van der Waals surface area contributed by atoms with Gasteiger partial charge in [0.05, 0.1) is 16.3 Å². The fourth-order valence-corrected chi connectivity index (χ4v) is 3.97. The van der Waals surface area contributed by atoms with Crippen LogP contribution in [-0.2, 0) is 0 Å². The Hall–Kier alpha value is -3.29. The molecule has 4 rings (SSSR count). The molecule has 0 aliphatic rings. The van der Waals surface area contributed by atoms with E-state index in [9.17, 15) is 9.59 Å². The topological polar surface area (TPSA) is 67.8 Å². The van der Waals surface area contributed by atoms with E-state index in [1.165, 1.54) is 6.21 Å². The number of nitrogens with zero attached hydrogens (tertiary/aromatic N) is 1. The summed E-state index contributed by atoms with van der Waals surface area (Å²) in [5.41, 5.74) is 4.20. The molecular formula is C25H16Br2N2O3. The highest BCUT2D eigenvalue weighted by molar-refractivity contribution is 9.10. The second kappa shape index (κ2) is 9.89. The Morgan fingerprint density at radius 1 is 0.875 bits per heavy atom. The van der Waals surface area contributed by atoms with Crippen LogP contribution in [0.5, 0.6) is 5.75 Å². The molecule has 0 heterocycles. The van der Waals surface area contributed by atoms with Crippen LogP contribution >= 0.6 is 31.9 Å². The Bertz CT molecular complexity index is 1350. The number of halogens is 2. The molecule has 5 nitrogen and oxygen atoms in total. The highest BCUT2D eigenvalue weighted by Crippen LogP contribution is 2.27. The van der Waals surface area contributed by atoms with Crippen molar-refractivity contribution in [2.45, 2.75) is 0 Å². The van der Waals surface area contributed by atoms with Gasteiger partial charge in [-0.1, -0.05) is 58.4 Å². The SMILES string of the molecule is O=C(N/N=C\c1ccc(OC(=O)c2cccc3ccccc23)c(Br)c1)c1cccc(Br)c1. The minimum atomic E-state index is -0.440. The van der Waals surface area contributed by atoms with Gasteiger partial charge in [0.1, 0.15) is 5.75 Å². The second-order valence-corrected chi connectivity index (χ2v) is 8.59. The Morgan fingerprint density at radius 3 is 2.47 bits per heavy atom. The van der Waals surface area contributed by atoms with Crippen molar-refractivity contribution in [1.29, 1.82) is 0 Å². The van der Waals surface area contributed by atoms with Crippen molar-refractivity contribution in [2.24, 2.45) is 5.10 Å². The van der Waals surface area contributed by atoms with E-state index in [2.05, 4.69) is 42.4 Å². The third-order valence-corrected chi connectivity index (χ3v) is 5.75. The van der Waals surface area contributed by atoms with Crippen molar-refractivity contribution in [3.8, 4) is 5.75 Å². The van der Waals surface area contributed by atoms with E-state index in [1.54, 1.807) is 42.5 Å². The van der Waals surface area contributed by atoms with Crippen LogP contribution in [0.1, 0.15) is 26.3 Å². The Morgan fingerprint density at radius 2 is 1.66 bits per heavy atom. The van der Waals surface area contributed by atoms with Gasteiger partial charge in [0, 0.05) is 10.0 Å². The number of carbonyl (C=O) groups is 2. The summed E-state index contributed by atoms with van der Waals surface area (Å²) >= 11 is 6.77. The largest absolute Gasteiger partial charge is 0.422 e. The molecule has 1 N–H and O–H groups in total. The number of fused-ring (bicyclic) bond motifs is 1. The summed E-state index contributed by atoms with van der Waals surface area (Å²) in [6.45, 7) is 0. The molecule has 0 unspecified atom stereocenters. The quantitative estimate of drug-likeness (QED) is 0.136. The summed E-state index contributed by atoms with van der Waals surface area (Å²) in [6, 6.07) is 25.4. The van der Waals surface area contributed by atoms with Crippen LogP contribution in [0, 0.1) is 0 Å². The molecule has 7 heteroatoms. The minimum absolute atomic E-state index is 0.317. The third-order valence-electron chi connectivity index (χ3n) is 4.63. The van der Waals surface area contributed by atoms with Gasteiger partial charge in [0.25, 0.3) is 5.91 Å². The van der Waals surface area contributed by atoms with Crippen molar-refractivity contribution in [2.75, 3.05) is 0 Å². The number of hydrogen-bond acceptors (Lipinski definition) is 4. The van der Waals surface area contributed by atoms with Gasteiger partial charge in [-0.15, -0.1) is 0 Å². The van der Waals surface area contributed by atoms with Crippen molar-refractivity contribution >= 4 is 60.7 Å². The van der Waals surface area contributed by atoms with E-state index in [4.69, 9.17) is 4.74 Å². The Labute approximate surface area is 201 Å². The lowest BCUT2D eigenvalue weighted by molar-refractivity contribution is 0.0735. The van der Waals surface area contributed by atoms with Crippen LogP contribution in [0.25, 0.3) is 10.8 Å². The third kappa shape index (κ3) is 5.12. The summed E-state index contributed by atoms with van der Waals surface area (Å²) in [4.78, 5) is 24.9. The predicted molar refractivity (Wildman–Crippen MR) is 132 cm³/mol. The van der Waals surface area contributed by atoms with Gasteiger partial charge in [0.2, 0.25) is 0 Å². The number of esters is 1. The van der Waals surface area contributed by atoms with Crippen LogP contribution in [-0.4, -0.2) is 18.1 Å². The van der Waals surface area contributed by atoms with Crippen molar-refractivity contribution < 1.29 is 14.3 Å². The highest BCUT2D eigenvalue weighted by Gasteiger charge is 2.14. The maximum atomic E-state index is 12.8. The first-order chi connectivity index (χ1) is 15.5. The van der Waals surface area contributed by atoms with Gasteiger partial charge >= 0.3 is 5.97 Å². The zero-order valence-electron chi connectivity index (χ0n) is 16.6. The van der Waals surface area contributed by atoms with E-state index in [1.807, 2.05) is 42.5 Å². The monoisotopic (exact) mass is 550 g/mol. The molecule has 0 bridgehead atoms. The van der Waals surface area contributed by atoms with Gasteiger partial charge < -0.3 is 4.74 Å². The lowest BCUT2D eigenvalue weighted by Gasteiger charge is -2.09. The number of nitrogens with one attached hydrogen (secondary N) is 1. The van der Waals surface area contributed by atoms with E-state index in [-0.39, 0.29) is 5.91 Å². The summed E-state index contributed by atoms with van der Waals surface area (Å²) in [5.74, 6) is -0.370. The first kappa shape index (κ1) is 21.9. The zero-order valence-corrected chi connectivity index (χ0v) is 19.8. The fourth-order valence-electron chi connectivity index (χ4n) is 3.10. The van der Waals surface area contributed by atoms with E-state index in [0.29, 0.717) is 21.3 Å². The summed E-state index contributed by atoms with van der Waals surface area (Å²) in [6.07, 6.45) is 1.51. The van der Waals surface area contributed by atoms with Crippen molar-refractivity contribution in [1.82, 2.24) is 5.43 Å². The normalized spacial score (nSPS) is 10.9. The molecule has 158 valence electrons. The molecule has 0 saturated carbocycles. The smallest absolute Gasteiger partial charge is 0.344 e. The van der Waals surface area contributed by atoms with Gasteiger partial charge in [0.15, 0.2) is 0 Å². The number of hydrazone groups is 1. The molecule has 1 amide bonds. The summed E-state index contributed by atoms with van der Waals surface area (Å²) in [5, 5.41) is 5.80. The van der Waals surface area contributed by atoms with Crippen LogP contribution in [0.4, 0.5) is 0 Å². The van der Waals surface area contributed by atoms with Crippen LogP contribution in [0.2, 0.25) is 0 Å². The van der Waals surface area contributed by atoms with Gasteiger partial charge in [-0.05, 0) is 74.7 Å². The number of benzene rings is 4. The average Bonchev–Trinajstić information content (AvgIpc) is 2.80. The molecule has 0 spiro atoms. The molecule has 0 saturated heterocycles. The molecule has 4 aromatic rings. The lowest BCUT2D eigenvalue weighted by Crippen LogP contribution is -2.17. The second-order valence-electron chi connectivity index (χ2n) is 6.82. The molecule has 0 aromatic heterocycles. The Kier molecular flexibility index (Phi) is 6.78. The highest BCUT2D eigenvalue weighted by atomic mass is 79.9. The van der Waals surface area contributed by atoms with E-state index >= 15 is 0 Å². The molecule has 0 radical (unpaired) electrons. The van der Waals surface area contributed by atoms with Crippen LogP contribution in [0.15, 0.2) is 99.0 Å². The molecule has 32 heavy (non-hydrogen) atoms. The predicted octanol–water partition coefficient (Wildman–Crippen LogP) is 6.35. The van der Waals surface area contributed by atoms with Crippen LogP contribution in [0.3, 0.4) is 0 Å². The van der Waals surface area contributed by atoms with Gasteiger partial charge in [-0.2, -0.15) is 5.10 Å². The molecule has 0 aliphatic heterocycles.